The van der Waals surface area contributed by atoms with Crippen LogP contribution in [-0.4, -0.2) is 14.5 Å². The summed E-state index contributed by atoms with van der Waals surface area (Å²) >= 11 is 0. The molecule has 122 valence electrons. The Labute approximate surface area is 144 Å². The van der Waals surface area contributed by atoms with Crippen molar-refractivity contribution in [3.8, 4) is 17.0 Å². The molecule has 0 bridgehead atoms. The highest BCUT2D eigenvalue weighted by Gasteiger charge is 2.08. The fourth-order valence-corrected chi connectivity index (χ4v) is 3.02. The molecule has 1 N–H and O–H groups in total. The average molecular weight is 328 g/mol. The van der Waals surface area contributed by atoms with Gasteiger partial charge in [-0.1, -0.05) is 54.6 Å². The summed E-state index contributed by atoms with van der Waals surface area (Å²) < 4.78 is 1.45. The van der Waals surface area contributed by atoms with E-state index >= 15 is 0 Å². The molecule has 0 aliphatic heterocycles. The van der Waals surface area contributed by atoms with Crippen LogP contribution < -0.4 is 5.56 Å². The summed E-state index contributed by atoms with van der Waals surface area (Å²) in [6.07, 6.45) is 2.59. The second kappa shape index (κ2) is 6.24. The Balaban J connectivity index is 1.82. The highest BCUT2D eigenvalue weighted by molar-refractivity contribution is 5.68. The van der Waals surface area contributed by atoms with E-state index in [-0.39, 0.29) is 11.4 Å². The van der Waals surface area contributed by atoms with Gasteiger partial charge in [0.25, 0.3) is 5.56 Å². The van der Waals surface area contributed by atoms with E-state index in [2.05, 4.69) is 29.2 Å². The van der Waals surface area contributed by atoms with Crippen LogP contribution in [0.1, 0.15) is 11.1 Å². The van der Waals surface area contributed by atoms with Gasteiger partial charge in [-0.15, -0.1) is 0 Å². The summed E-state index contributed by atoms with van der Waals surface area (Å²) in [5.41, 5.74) is 4.56. The number of rotatable bonds is 3. The molecule has 0 saturated carbocycles. The van der Waals surface area contributed by atoms with Crippen molar-refractivity contribution >= 4 is 5.65 Å². The van der Waals surface area contributed by atoms with E-state index in [1.165, 1.54) is 15.5 Å². The molecule has 4 rings (SSSR count). The fraction of sp³-hybridized carbons (Fsp3) is 0.0476. The molecular weight excluding hydrogens is 312 g/mol. The van der Waals surface area contributed by atoms with Crippen LogP contribution in [0, 0.1) is 0 Å². The zero-order valence-corrected chi connectivity index (χ0v) is 13.5. The number of fused-ring (bicyclic) bond motifs is 1. The summed E-state index contributed by atoms with van der Waals surface area (Å²) in [6.45, 7) is 0. The number of hydrogen-bond acceptors (Lipinski definition) is 3. The first kappa shape index (κ1) is 15.1. The maximum atomic E-state index is 12.1. The molecule has 4 heteroatoms. The van der Waals surface area contributed by atoms with E-state index in [1.807, 2.05) is 36.4 Å². The standard InChI is InChI=1S/C21H16N2O2/c24-20-13-21(25)23-14-17(10-11-19(23)22-20)18-9-5-4-8-16(18)12-15-6-2-1-3-7-15/h1-11,13-14,24H,12H2. The van der Waals surface area contributed by atoms with Crippen molar-refractivity contribution in [1.82, 2.24) is 9.38 Å². The van der Waals surface area contributed by atoms with E-state index in [0.717, 1.165) is 23.6 Å². The lowest BCUT2D eigenvalue weighted by Crippen LogP contribution is -2.13. The van der Waals surface area contributed by atoms with Crippen molar-refractivity contribution in [2.75, 3.05) is 0 Å². The molecule has 0 aliphatic rings. The Morgan fingerprint density at radius 1 is 0.920 bits per heavy atom. The Bertz CT molecular complexity index is 1100. The minimum Gasteiger partial charge on any atom is -0.493 e. The van der Waals surface area contributed by atoms with Crippen LogP contribution in [0.25, 0.3) is 16.8 Å². The second-order valence-electron chi connectivity index (χ2n) is 5.92. The predicted molar refractivity (Wildman–Crippen MR) is 97.8 cm³/mol. The van der Waals surface area contributed by atoms with Gasteiger partial charge in [-0.3, -0.25) is 9.20 Å². The number of nitrogens with zero attached hydrogens (tertiary/aromatic N) is 2. The Hall–Kier alpha value is -3.40. The van der Waals surface area contributed by atoms with Crippen molar-refractivity contribution in [1.29, 1.82) is 0 Å². The highest BCUT2D eigenvalue weighted by atomic mass is 16.3. The van der Waals surface area contributed by atoms with Crippen LogP contribution >= 0.6 is 0 Å². The Morgan fingerprint density at radius 3 is 2.52 bits per heavy atom. The Kier molecular flexibility index (Phi) is 3.78. The van der Waals surface area contributed by atoms with Crippen molar-refractivity contribution in [3.05, 3.63) is 100 Å². The van der Waals surface area contributed by atoms with Gasteiger partial charge in [0.2, 0.25) is 5.88 Å². The van der Waals surface area contributed by atoms with Crippen LogP contribution in [0.15, 0.2) is 83.8 Å². The lowest BCUT2D eigenvalue weighted by atomic mass is 9.96. The zero-order valence-electron chi connectivity index (χ0n) is 13.5. The van der Waals surface area contributed by atoms with E-state index in [1.54, 1.807) is 12.3 Å². The quantitative estimate of drug-likeness (QED) is 0.624. The van der Waals surface area contributed by atoms with E-state index in [9.17, 15) is 9.90 Å². The lowest BCUT2D eigenvalue weighted by molar-refractivity contribution is 0.453. The summed E-state index contributed by atoms with van der Waals surface area (Å²) in [5.74, 6) is -0.262. The average Bonchev–Trinajstić information content (AvgIpc) is 2.63. The number of pyridine rings is 1. The van der Waals surface area contributed by atoms with Gasteiger partial charge in [-0.2, -0.15) is 4.98 Å². The number of benzene rings is 2. The molecule has 4 aromatic rings. The van der Waals surface area contributed by atoms with Gasteiger partial charge < -0.3 is 5.11 Å². The first-order valence-corrected chi connectivity index (χ1v) is 8.05. The Morgan fingerprint density at radius 2 is 1.68 bits per heavy atom. The fourth-order valence-electron chi connectivity index (χ4n) is 3.02. The molecule has 0 amide bonds. The molecule has 25 heavy (non-hydrogen) atoms. The summed E-state index contributed by atoms with van der Waals surface area (Å²) in [6, 6.07) is 23.2. The van der Waals surface area contributed by atoms with Crippen molar-refractivity contribution in [2.24, 2.45) is 0 Å². The first-order valence-electron chi connectivity index (χ1n) is 8.05. The molecule has 2 aromatic heterocycles. The molecule has 0 saturated heterocycles. The smallest absolute Gasteiger partial charge is 0.261 e. The van der Waals surface area contributed by atoms with Crippen LogP contribution in [0.5, 0.6) is 5.88 Å². The maximum absolute atomic E-state index is 12.1. The second-order valence-corrected chi connectivity index (χ2v) is 5.92. The third-order valence-electron chi connectivity index (χ3n) is 4.21. The molecule has 0 aliphatic carbocycles. The minimum absolute atomic E-state index is 0.262. The van der Waals surface area contributed by atoms with Gasteiger partial charge in [0.15, 0.2) is 0 Å². The summed E-state index contributed by atoms with van der Waals surface area (Å²) in [7, 11) is 0. The van der Waals surface area contributed by atoms with Crippen molar-refractivity contribution < 1.29 is 5.11 Å². The molecule has 0 atom stereocenters. The molecule has 4 nitrogen and oxygen atoms in total. The SMILES string of the molecule is O=c1cc(O)nc2ccc(-c3ccccc3Cc3ccccc3)cn12. The third kappa shape index (κ3) is 3.02. The minimum atomic E-state index is -0.301. The van der Waals surface area contributed by atoms with Gasteiger partial charge in [0.05, 0.1) is 6.07 Å². The molecule has 2 aromatic carbocycles. The lowest BCUT2D eigenvalue weighted by Gasteiger charge is -2.11. The van der Waals surface area contributed by atoms with Crippen molar-refractivity contribution in [2.45, 2.75) is 6.42 Å². The van der Waals surface area contributed by atoms with E-state index in [4.69, 9.17) is 0 Å². The van der Waals surface area contributed by atoms with Gasteiger partial charge in [-0.05, 0) is 40.8 Å². The molecule has 0 spiro atoms. The monoisotopic (exact) mass is 328 g/mol. The zero-order chi connectivity index (χ0) is 17.2. The summed E-state index contributed by atoms with van der Waals surface area (Å²) in [5, 5.41) is 9.48. The number of aromatic nitrogens is 2. The van der Waals surface area contributed by atoms with Crippen LogP contribution in [0.2, 0.25) is 0 Å². The van der Waals surface area contributed by atoms with Gasteiger partial charge in [0.1, 0.15) is 5.65 Å². The molecule has 0 unspecified atom stereocenters. The van der Waals surface area contributed by atoms with Gasteiger partial charge in [-0.25, -0.2) is 0 Å². The van der Waals surface area contributed by atoms with E-state index < -0.39 is 0 Å². The summed E-state index contributed by atoms with van der Waals surface area (Å²) in [4.78, 5) is 16.1. The number of hydrogen-bond donors (Lipinski definition) is 1. The maximum Gasteiger partial charge on any atom is 0.261 e. The highest BCUT2D eigenvalue weighted by Crippen LogP contribution is 2.26. The van der Waals surface area contributed by atoms with Crippen molar-refractivity contribution in [3.63, 3.8) is 0 Å². The third-order valence-corrected chi connectivity index (χ3v) is 4.21. The largest absolute Gasteiger partial charge is 0.493 e. The molecular formula is C21H16N2O2. The topological polar surface area (TPSA) is 54.6 Å². The van der Waals surface area contributed by atoms with Gasteiger partial charge >= 0.3 is 0 Å². The number of aromatic hydroxyl groups is 1. The van der Waals surface area contributed by atoms with Crippen LogP contribution in [0.4, 0.5) is 0 Å². The normalized spacial score (nSPS) is 10.9. The molecule has 0 fully saturated rings. The molecule has 0 radical (unpaired) electrons. The van der Waals surface area contributed by atoms with E-state index in [0.29, 0.717) is 5.65 Å². The van der Waals surface area contributed by atoms with Gasteiger partial charge in [0, 0.05) is 6.20 Å². The van der Waals surface area contributed by atoms with Crippen LogP contribution in [-0.2, 0) is 6.42 Å². The van der Waals surface area contributed by atoms with Crippen LogP contribution in [0.3, 0.4) is 0 Å². The first-order chi connectivity index (χ1) is 12.2. The predicted octanol–water partition coefficient (Wildman–Crippen LogP) is 3.66. The molecule has 2 heterocycles.